The number of thioether (sulfide) groups is 1. The summed E-state index contributed by atoms with van der Waals surface area (Å²) in [6.45, 7) is 6.38. The minimum Gasteiger partial charge on any atom is -0.504 e. The van der Waals surface area contributed by atoms with E-state index >= 15 is 0 Å². The molecule has 1 N–H and O–H groups in total. The fourth-order valence-electron chi connectivity index (χ4n) is 1.57. The zero-order valence-corrected chi connectivity index (χ0v) is 11.0. The molecule has 0 aromatic rings. The third-order valence-electron chi connectivity index (χ3n) is 2.52. The van der Waals surface area contributed by atoms with Crippen LogP contribution in [0.5, 0.6) is 0 Å². The minimum absolute atomic E-state index is 0.442. The first-order chi connectivity index (χ1) is 8.53. The molecule has 0 amide bonds. The van der Waals surface area contributed by atoms with Gasteiger partial charge in [-0.1, -0.05) is 36.1 Å². The van der Waals surface area contributed by atoms with Crippen molar-refractivity contribution in [3.63, 3.8) is 0 Å². The predicted molar refractivity (Wildman–Crippen MR) is 65.7 cm³/mol. The van der Waals surface area contributed by atoms with E-state index in [0.29, 0.717) is 17.3 Å². The van der Waals surface area contributed by atoms with E-state index in [1.807, 2.05) is 0 Å². The first-order valence-electron chi connectivity index (χ1n) is 5.13. The van der Waals surface area contributed by atoms with Crippen molar-refractivity contribution in [1.82, 2.24) is 0 Å². The Morgan fingerprint density at radius 1 is 1.42 bits per heavy atom. The summed E-state index contributed by atoms with van der Waals surface area (Å²) >= 11 is 0.442. The maximum absolute atomic E-state index is 12.4. The average molecular weight is 292 g/mol. The number of allylic oxidation sites excluding steroid dienone is 3. The summed E-state index contributed by atoms with van der Waals surface area (Å²) in [5.74, 6) is -3.19. The molecular formula is C12H11F3O3S. The van der Waals surface area contributed by atoms with Crippen molar-refractivity contribution in [2.24, 2.45) is 0 Å². The van der Waals surface area contributed by atoms with Gasteiger partial charge in [0.2, 0.25) is 10.9 Å². The van der Waals surface area contributed by atoms with Crippen LogP contribution in [0.2, 0.25) is 0 Å². The number of carbonyl (C=O) groups is 2. The van der Waals surface area contributed by atoms with Gasteiger partial charge < -0.3 is 5.11 Å². The molecule has 1 fully saturated rings. The van der Waals surface area contributed by atoms with E-state index in [1.165, 1.54) is 19.1 Å². The summed E-state index contributed by atoms with van der Waals surface area (Å²) in [6, 6.07) is 0. The number of aliphatic hydroxyl groups is 1. The zero-order chi connectivity index (χ0) is 15.0. The van der Waals surface area contributed by atoms with Gasteiger partial charge in [0.15, 0.2) is 5.78 Å². The number of hydrogen-bond donors (Lipinski definition) is 1. The Morgan fingerprint density at radius 2 is 1.95 bits per heavy atom. The first kappa shape index (κ1) is 15.6. The van der Waals surface area contributed by atoms with E-state index in [9.17, 15) is 22.8 Å². The number of alkyl halides is 3. The number of carbonyl (C=O) groups excluding carboxylic acids is 2. The van der Waals surface area contributed by atoms with Crippen molar-refractivity contribution >= 4 is 22.7 Å². The fraction of sp³-hybridized carbons (Fsp3) is 0.333. The molecule has 0 aromatic heterocycles. The summed E-state index contributed by atoms with van der Waals surface area (Å²) in [7, 11) is 0. The van der Waals surface area contributed by atoms with Gasteiger partial charge in [0.05, 0.1) is 0 Å². The molecule has 1 rings (SSSR count). The smallest absolute Gasteiger partial charge is 0.449 e. The molecule has 1 aliphatic heterocycles. The molecule has 0 aromatic carbocycles. The summed E-state index contributed by atoms with van der Waals surface area (Å²) in [5.41, 5.74) is -0.656. The molecule has 3 nitrogen and oxygen atoms in total. The van der Waals surface area contributed by atoms with Crippen molar-refractivity contribution < 1.29 is 27.9 Å². The van der Waals surface area contributed by atoms with Crippen LogP contribution >= 0.6 is 11.8 Å². The van der Waals surface area contributed by atoms with Crippen LogP contribution in [-0.2, 0) is 9.59 Å². The predicted octanol–water partition coefficient (Wildman–Crippen LogP) is 3.09. The average Bonchev–Trinajstić information content (AvgIpc) is 2.47. The Bertz CT molecular complexity index is 517. The highest BCUT2D eigenvalue weighted by Gasteiger charge is 2.52. The van der Waals surface area contributed by atoms with Crippen molar-refractivity contribution in [3.05, 3.63) is 35.6 Å². The maximum atomic E-state index is 12.4. The molecule has 0 spiro atoms. The van der Waals surface area contributed by atoms with E-state index < -0.39 is 33.2 Å². The molecule has 104 valence electrons. The van der Waals surface area contributed by atoms with Crippen LogP contribution in [0.3, 0.4) is 0 Å². The second-order valence-corrected chi connectivity index (χ2v) is 5.56. The Balaban J connectivity index is 3.36. The number of Topliss-reactive ketones (excluding diaryl/α,β-unsaturated/α-hetero) is 1. The molecule has 0 saturated carbocycles. The van der Waals surface area contributed by atoms with Crippen LogP contribution in [-0.4, -0.2) is 26.9 Å². The second kappa shape index (κ2) is 4.88. The quantitative estimate of drug-likeness (QED) is 0.368. The molecule has 1 heterocycles. The van der Waals surface area contributed by atoms with Crippen LogP contribution in [0.15, 0.2) is 35.6 Å². The minimum atomic E-state index is -5.12. The standard InChI is InChI=1S/C12H11F3O3S/c1-4-6(2)5-11(3)8(16)7(10(18)19-11)9(17)12(13,14)15/h4-5,17H,1H2,2-3H3/b6-5+,9-7?/t11-/m1/s1. The van der Waals surface area contributed by atoms with Gasteiger partial charge in [-0.2, -0.15) is 13.2 Å². The lowest BCUT2D eigenvalue weighted by atomic mass is 9.96. The third-order valence-corrected chi connectivity index (χ3v) is 3.63. The maximum Gasteiger partial charge on any atom is 0.449 e. The lowest BCUT2D eigenvalue weighted by Crippen LogP contribution is -2.27. The molecule has 0 bridgehead atoms. The lowest BCUT2D eigenvalue weighted by molar-refractivity contribution is -0.129. The van der Waals surface area contributed by atoms with Gasteiger partial charge in [-0.05, 0) is 13.8 Å². The molecule has 1 atom stereocenters. The Kier molecular flexibility index (Phi) is 4.00. The summed E-state index contributed by atoms with van der Waals surface area (Å²) in [5, 5.41) is 7.92. The van der Waals surface area contributed by atoms with Gasteiger partial charge in [0, 0.05) is 0 Å². The number of hydrogen-bond acceptors (Lipinski definition) is 4. The molecule has 19 heavy (non-hydrogen) atoms. The van der Waals surface area contributed by atoms with Crippen LogP contribution < -0.4 is 0 Å². The second-order valence-electron chi connectivity index (χ2n) is 4.14. The van der Waals surface area contributed by atoms with E-state index in [1.54, 1.807) is 6.92 Å². The van der Waals surface area contributed by atoms with Crippen molar-refractivity contribution in [1.29, 1.82) is 0 Å². The number of rotatable bonds is 2. The van der Waals surface area contributed by atoms with E-state index in [0.717, 1.165) is 0 Å². The molecule has 0 radical (unpaired) electrons. The zero-order valence-electron chi connectivity index (χ0n) is 10.2. The van der Waals surface area contributed by atoms with Crippen LogP contribution in [0.1, 0.15) is 13.8 Å². The summed E-state index contributed by atoms with van der Waals surface area (Å²) in [4.78, 5) is 23.5. The van der Waals surface area contributed by atoms with E-state index in [-0.39, 0.29) is 0 Å². The van der Waals surface area contributed by atoms with Crippen molar-refractivity contribution in [2.75, 3.05) is 0 Å². The number of halogens is 3. The summed E-state index contributed by atoms with van der Waals surface area (Å²) < 4.78 is 35.7. The highest BCUT2D eigenvalue weighted by molar-refractivity contribution is 8.17. The number of aliphatic hydroxyl groups excluding tert-OH is 1. The SMILES string of the molecule is C=C/C(C)=C/[C@@]1(C)SC(=O)C(=C(O)C(F)(F)F)C1=O. The number of ketones is 1. The topological polar surface area (TPSA) is 54.4 Å². The molecule has 0 unspecified atom stereocenters. The van der Waals surface area contributed by atoms with Crippen molar-refractivity contribution in [2.45, 2.75) is 24.8 Å². The van der Waals surface area contributed by atoms with Gasteiger partial charge in [0.25, 0.3) is 0 Å². The van der Waals surface area contributed by atoms with E-state index in [4.69, 9.17) is 5.11 Å². The monoisotopic (exact) mass is 292 g/mol. The first-order valence-corrected chi connectivity index (χ1v) is 5.95. The molecule has 1 saturated heterocycles. The van der Waals surface area contributed by atoms with Crippen LogP contribution in [0.25, 0.3) is 0 Å². The van der Waals surface area contributed by atoms with Gasteiger partial charge in [-0.15, -0.1) is 0 Å². The van der Waals surface area contributed by atoms with Crippen LogP contribution in [0, 0.1) is 0 Å². The largest absolute Gasteiger partial charge is 0.504 e. The van der Waals surface area contributed by atoms with E-state index in [2.05, 4.69) is 6.58 Å². The van der Waals surface area contributed by atoms with Gasteiger partial charge >= 0.3 is 6.18 Å². The molecular weight excluding hydrogens is 281 g/mol. The highest BCUT2D eigenvalue weighted by Crippen LogP contribution is 2.44. The van der Waals surface area contributed by atoms with Gasteiger partial charge in [0.1, 0.15) is 10.3 Å². The summed E-state index contributed by atoms with van der Waals surface area (Å²) in [6.07, 6.45) is -2.36. The van der Waals surface area contributed by atoms with Gasteiger partial charge in [-0.25, -0.2) is 0 Å². The van der Waals surface area contributed by atoms with Crippen LogP contribution in [0.4, 0.5) is 13.2 Å². The highest BCUT2D eigenvalue weighted by atomic mass is 32.2. The van der Waals surface area contributed by atoms with Crippen molar-refractivity contribution in [3.8, 4) is 0 Å². The molecule has 7 heteroatoms. The Labute approximate surface area is 111 Å². The molecule has 1 aliphatic rings. The lowest BCUT2D eigenvalue weighted by Gasteiger charge is -2.15. The molecule has 0 aliphatic carbocycles. The van der Waals surface area contributed by atoms with Gasteiger partial charge in [-0.3, -0.25) is 9.59 Å². The Hall–Kier alpha value is -1.50. The fourth-order valence-corrected chi connectivity index (χ4v) is 2.68. The normalized spacial score (nSPS) is 27.7. The Morgan fingerprint density at radius 3 is 2.37 bits per heavy atom. The third kappa shape index (κ3) is 2.91.